The molecule has 0 saturated heterocycles. The number of hydrogen-bond donors (Lipinski definition) is 2. The van der Waals surface area contributed by atoms with Crippen molar-refractivity contribution in [2.24, 2.45) is 0 Å². The summed E-state index contributed by atoms with van der Waals surface area (Å²) in [7, 11) is -4.27. The molecule has 6 aromatic carbocycles. The SMILES string of the molecule is Nc1ccc(-c2ccc3c(c2)C(=O)N(c2ccc(S(=O)(=O)c4ccc(N5C(=O)c6ccc(-c7ccc(N)cc7)cc6C5=O)c(Cl)c4)cc2Cl)C3=O)cc1. The fourth-order valence-electron chi connectivity index (χ4n) is 6.44. The van der Waals surface area contributed by atoms with E-state index in [2.05, 4.69) is 0 Å². The van der Waals surface area contributed by atoms with Crippen LogP contribution >= 0.6 is 23.2 Å². The Kier molecular flexibility index (Phi) is 7.95. The Morgan fingerprint density at radius 3 is 1.11 bits per heavy atom. The first kappa shape index (κ1) is 33.9. The van der Waals surface area contributed by atoms with Crippen molar-refractivity contribution >= 4 is 79.4 Å². The lowest BCUT2D eigenvalue weighted by Gasteiger charge is -2.18. The molecule has 2 aliphatic heterocycles. The number of amides is 4. The van der Waals surface area contributed by atoms with Gasteiger partial charge in [0.05, 0.1) is 53.5 Å². The van der Waals surface area contributed by atoms with Crippen LogP contribution in [0.4, 0.5) is 22.7 Å². The van der Waals surface area contributed by atoms with Crippen LogP contribution in [0.15, 0.2) is 131 Å². The molecule has 0 saturated carbocycles. The number of anilines is 4. The van der Waals surface area contributed by atoms with Crippen LogP contribution in [-0.2, 0) is 9.84 Å². The summed E-state index contributed by atoms with van der Waals surface area (Å²) < 4.78 is 27.6. The number of imide groups is 2. The van der Waals surface area contributed by atoms with Crippen LogP contribution in [0.3, 0.4) is 0 Å². The van der Waals surface area contributed by atoms with Crippen molar-refractivity contribution in [3.8, 4) is 22.3 Å². The zero-order valence-corrected chi connectivity index (χ0v) is 29.5. The molecule has 2 aliphatic rings. The van der Waals surface area contributed by atoms with Gasteiger partial charge >= 0.3 is 0 Å². The standard InChI is InChI=1S/C40H24Cl2N4O6S/c41-33-19-27(11-15-35(33)45-37(47)29-13-5-23(17-31(29)39(45)49)21-1-7-25(43)8-2-21)53(51,52)28-12-16-36(34(42)20-28)46-38(48)30-14-6-24(18-32(30)40(46)50)22-3-9-26(44)10-4-22/h1-20H,43-44H2. The number of hydrogen-bond acceptors (Lipinski definition) is 8. The van der Waals surface area contributed by atoms with Crippen molar-refractivity contribution in [1.29, 1.82) is 0 Å². The Bertz CT molecular complexity index is 2540. The summed E-state index contributed by atoms with van der Waals surface area (Å²) in [6, 6.07) is 31.2. The van der Waals surface area contributed by atoms with Gasteiger partial charge in [-0.3, -0.25) is 19.2 Å². The van der Waals surface area contributed by atoms with Crippen molar-refractivity contribution in [3.63, 3.8) is 0 Å². The number of benzene rings is 6. The highest BCUT2D eigenvalue weighted by atomic mass is 35.5. The fourth-order valence-corrected chi connectivity index (χ4v) is 8.41. The number of fused-ring (bicyclic) bond motifs is 2. The van der Waals surface area contributed by atoms with Crippen LogP contribution in [0.25, 0.3) is 22.3 Å². The van der Waals surface area contributed by atoms with Crippen LogP contribution in [0, 0.1) is 0 Å². The molecule has 0 radical (unpaired) electrons. The van der Waals surface area contributed by atoms with Gasteiger partial charge in [0.15, 0.2) is 0 Å². The monoisotopic (exact) mass is 758 g/mol. The maximum atomic E-state index is 13.8. The Balaban J connectivity index is 1.05. The zero-order chi connectivity index (χ0) is 37.3. The lowest BCUT2D eigenvalue weighted by molar-refractivity contribution is 0.0910. The first-order chi connectivity index (χ1) is 25.3. The number of sulfone groups is 1. The Hall–Kier alpha value is -6.27. The van der Waals surface area contributed by atoms with Gasteiger partial charge in [-0.2, -0.15) is 0 Å². The van der Waals surface area contributed by atoms with Crippen molar-refractivity contribution in [1.82, 2.24) is 0 Å². The van der Waals surface area contributed by atoms with Crippen LogP contribution in [-0.4, -0.2) is 32.0 Å². The minimum Gasteiger partial charge on any atom is -0.399 e. The van der Waals surface area contributed by atoms with E-state index in [9.17, 15) is 27.6 Å². The molecule has 0 spiro atoms. The van der Waals surface area contributed by atoms with Gasteiger partial charge in [0.1, 0.15) is 0 Å². The van der Waals surface area contributed by atoms with Gasteiger partial charge in [0.2, 0.25) is 9.84 Å². The highest BCUT2D eigenvalue weighted by Gasteiger charge is 2.40. The number of nitrogens with zero attached hydrogens (tertiary/aromatic N) is 2. The van der Waals surface area contributed by atoms with Gasteiger partial charge in [-0.25, -0.2) is 18.2 Å². The normalized spacial score (nSPS) is 13.8. The largest absolute Gasteiger partial charge is 0.399 e. The third-order valence-electron chi connectivity index (χ3n) is 9.20. The van der Waals surface area contributed by atoms with Crippen LogP contribution in [0.1, 0.15) is 41.4 Å². The second kappa shape index (κ2) is 12.4. The van der Waals surface area contributed by atoms with Gasteiger partial charge in [0, 0.05) is 11.4 Å². The average molecular weight is 760 g/mol. The lowest BCUT2D eigenvalue weighted by Crippen LogP contribution is -2.29. The van der Waals surface area contributed by atoms with Crippen LogP contribution < -0.4 is 21.3 Å². The van der Waals surface area contributed by atoms with Crippen molar-refractivity contribution in [3.05, 3.63) is 154 Å². The summed E-state index contributed by atoms with van der Waals surface area (Å²) in [6.07, 6.45) is 0. The molecule has 0 atom stereocenters. The predicted molar refractivity (Wildman–Crippen MR) is 203 cm³/mol. The Labute approximate surface area is 312 Å². The van der Waals surface area contributed by atoms with E-state index in [-0.39, 0.29) is 53.5 Å². The molecule has 0 unspecified atom stereocenters. The molecule has 4 N–H and O–H groups in total. The fraction of sp³-hybridized carbons (Fsp3) is 0. The number of rotatable bonds is 6. The summed E-state index contributed by atoms with van der Waals surface area (Å²) in [6.45, 7) is 0. The average Bonchev–Trinajstić information content (AvgIpc) is 3.55. The molecular weight excluding hydrogens is 735 g/mol. The first-order valence-electron chi connectivity index (χ1n) is 15.9. The topological polar surface area (TPSA) is 161 Å². The maximum Gasteiger partial charge on any atom is 0.266 e. The highest BCUT2D eigenvalue weighted by Crippen LogP contribution is 2.40. The van der Waals surface area contributed by atoms with E-state index in [0.717, 1.165) is 33.1 Å². The summed E-state index contributed by atoms with van der Waals surface area (Å²) in [5, 5.41) is -0.321. The van der Waals surface area contributed by atoms with E-state index in [1.165, 1.54) is 24.3 Å². The zero-order valence-electron chi connectivity index (χ0n) is 27.2. The summed E-state index contributed by atoms with van der Waals surface area (Å²) in [5.41, 5.74) is 16.5. The van der Waals surface area contributed by atoms with Gasteiger partial charge < -0.3 is 11.5 Å². The molecule has 0 aromatic heterocycles. The van der Waals surface area contributed by atoms with Gasteiger partial charge in [-0.05, 0) is 107 Å². The smallest absolute Gasteiger partial charge is 0.266 e. The maximum absolute atomic E-state index is 13.8. The molecule has 6 aromatic rings. The van der Waals surface area contributed by atoms with Crippen molar-refractivity contribution in [2.45, 2.75) is 9.79 Å². The molecule has 260 valence electrons. The molecule has 2 heterocycles. The Morgan fingerprint density at radius 2 is 0.755 bits per heavy atom. The minimum absolute atomic E-state index is 0.00408. The number of nitrogens with two attached hydrogens (primary N) is 2. The number of carbonyl (C=O) groups is 4. The molecule has 0 fully saturated rings. The highest BCUT2D eigenvalue weighted by molar-refractivity contribution is 7.91. The number of carbonyl (C=O) groups excluding carboxylic acids is 4. The summed E-state index contributed by atoms with van der Waals surface area (Å²) in [4.78, 5) is 55.2. The minimum atomic E-state index is -4.27. The third kappa shape index (κ3) is 5.53. The second-order valence-electron chi connectivity index (χ2n) is 12.4. The van der Waals surface area contributed by atoms with E-state index < -0.39 is 33.5 Å². The second-order valence-corrected chi connectivity index (χ2v) is 15.2. The summed E-state index contributed by atoms with van der Waals surface area (Å²) in [5.74, 6) is -2.44. The van der Waals surface area contributed by atoms with E-state index in [4.69, 9.17) is 34.7 Å². The number of nitrogen functional groups attached to an aromatic ring is 2. The van der Waals surface area contributed by atoms with E-state index >= 15 is 0 Å². The van der Waals surface area contributed by atoms with Crippen molar-refractivity contribution < 1.29 is 27.6 Å². The van der Waals surface area contributed by atoms with Gasteiger partial charge in [-0.15, -0.1) is 0 Å². The van der Waals surface area contributed by atoms with Crippen molar-refractivity contribution in [2.75, 3.05) is 21.3 Å². The molecule has 0 bridgehead atoms. The van der Waals surface area contributed by atoms with E-state index in [1.807, 2.05) is 0 Å². The molecule has 53 heavy (non-hydrogen) atoms. The lowest BCUT2D eigenvalue weighted by atomic mass is 10.00. The molecule has 4 amide bonds. The molecule has 13 heteroatoms. The number of halogens is 2. The quantitative estimate of drug-likeness (QED) is 0.128. The predicted octanol–water partition coefficient (Wildman–Crippen LogP) is 7.93. The molecule has 10 nitrogen and oxygen atoms in total. The van der Waals surface area contributed by atoms with Crippen LogP contribution in [0.2, 0.25) is 10.0 Å². The van der Waals surface area contributed by atoms with E-state index in [0.29, 0.717) is 22.5 Å². The Morgan fingerprint density at radius 1 is 0.415 bits per heavy atom. The molecular formula is C40H24Cl2N4O6S. The first-order valence-corrected chi connectivity index (χ1v) is 18.2. The van der Waals surface area contributed by atoms with Gasteiger partial charge in [-0.1, -0.05) is 59.6 Å². The third-order valence-corrected chi connectivity index (χ3v) is 11.6. The van der Waals surface area contributed by atoms with E-state index in [1.54, 1.807) is 84.9 Å². The molecule has 8 rings (SSSR count). The van der Waals surface area contributed by atoms with Crippen LogP contribution in [0.5, 0.6) is 0 Å². The van der Waals surface area contributed by atoms with Gasteiger partial charge in [0.25, 0.3) is 23.6 Å². The molecule has 0 aliphatic carbocycles. The summed E-state index contributed by atoms with van der Waals surface area (Å²) >= 11 is 13.1.